The second-order valence-electron chi connectivity index (χ2n) is 5.92. The Hall–Kier alpha value is -2.70. The Kier molecular flexibility index (Phi) is 4.59. The van der Waals surface area contributed by atoms with Crippen molar-refractivity contribution in [3.8, 4) is 0 Å². The van der Waals surface area contributed by atoms with Gasteiger partial charge in [0.25, 0.3) is 0 Å². The first-order valence-electron chi connectivity index (χ1n) is 7.96. The highest BCUT2D eigenvalue weighted by atomic mass is 16.5. The van der Waals surface area contributed by atoms with Crippen LogP contribution in [-0.4, -0.2) is 50.9 Å². The molecule has 0 bridgehead atoms. The third kappa shape index (κ3) is 3.45. The number of piperazine rings is 1. The highest BCUT2D eigenvalue weighted by Crippen LogP contribution is 2.16. The van der Waals surface area contributed by atoms with Crippen LogP contribution in [0.3, 0.4) is 0 Å². The molecule has 1 atom stereocenters. The van der Waals surface area contributed by atoms with Gasteiger partial charge in [-0.15, -0.1) is 0 Å². The summed E-state index contributed by atoms with van der Waals surface area (Å²) < 4.78 is 4.92. The lowest BCUT2D eigenvalue weighted by Crippen LogP contribution is -2.58. The van der Waals surface area contributed by atoms with Crippen LogP contribution >= 0.6 is 0 Å². The molecule has 1 aromatic heterocycles. The molecule has 0 radical (unpaired) electrons. The molecule has 1 aliphatic heterocycles. The van der Waals surface area contributed by atoms with Gasteiger partial charge < -0.3 is 14.3 Å². The van der Waals surface area contributed by atoms with Gasteiger partial charge in [0.2, 0.25) is 17.7 Å². The second kappa shape index (κ2) is 6.82. The number of nitrogens with zero attached hydrogens (tertiary/aromatic N) is 4. The Balaban J connectivity index is 1.63. The van der Waals surface area contributed by atoms with E-state index in [1.165, 1.54) is 4.90 Å². The molecule has 0 spiro atoms. The molecule has 0 unspecified atom stereocenters. The smallest absolute Gasteiger partial charge is 0.245 e. The van der Waals surface area contributed by atoms with Crippen molar-refractivity contribution in [3.63, 3.8) is 0 Å². The fourth-order valence-electron chi connectivity index (χ4n) is 2.83. The van der Waals surface area contributed by atoms with Crippen LogP contribution in [0.5, 0.6) is 0 Å². The highest BCUT2D eigenvalue weighted by Gasteiger charge is 2.36. The number of carbonyl (C=O) groups is 2. The van der Waals surface area contributed by atoms with Crippen LogP contribution in [0, 0.1) is 6.92 Å². The maximum absolute atomic E-state index is 12.6. The van der Waals surface area contributed by atoms with Gasteiger partial charge in [-0.1, -0.05) is 35.5 Å². The molecule has 1 saturated heterocycles. The lowest BCUT2D eigenvalue weighted by molar-refractivity contribution is -0.155. The summed E-state index contributed by atoms with van der Waals surface area (Å²) in [6, 6.07) is 9.40. The van der Waals surface area contributed by atoms with E-state index in [1.807, 2.05) is 30.3 Å². The summed E-state index contributed by atoms with van der Waals surface area (Å²) in [5.41, 5.74) is 1.15. The van der Waals surface area contributed by atoms with Gasteiger partial charge in [-0.3, -0.25) is 9.59 Å². The van der Waals surface area contributed by atoms with Crippen LogP contribution in [0.1, 0.15) is 24.2 Å². The van der Waals surface area contributed by atoms with Gasteiger partial charge >= 0.3 is 0 Å². The van der Waals surface area contributed by atoms with Gasteiger partial charge in [0.05, 0.1) is 13.1 Å². The number of carbonyl (C=O) groups excluding carboxylic acids is 2. The lowest BCUT2D eigenvalue weighted by atomic mass is 10.1. The number of hydrogen-bond acceptors (Lipinski definition) is 5. The number of hydrogen-bond donors (Lipinski definition) is 0. The largest absolute Gasteiger partial charge is 0.340 e. The fraction of sp³-hybridized carbons (Fsp3) is 0.412. The van der Waals surface area contributed by atoms with E-state index in [4.69, 9.17) is 4.52 Å². The highest BCUT2D eigenvalue weighted by molar-refractivity contribution is 5.94. The SMILES string of the molecule is Cc1nc(CN2C(=O)CN(CCc3ccccc3)C(=O)[C@@H]2C)no1. The van der Waals surface area contributed by atoms with E-state index in [1.54, 1.807) is 18.7 Å². The van der Waals surface area contributed by atoms with E-state index < -0.39 is 6.04 Å². The minimum absolute atomic E-state index is 0.0502. The minimum atomic E-state index is -0.527. The monoisotopic (exact) mass is 328 g/mol. The molecule has 7 heteroatoms. The van der Waals surface area contributed by atoms with Crippen LogP contribution in [0.25, 0.3) is 0 Å². The van der Waals surface area contributed by atoms with Gasteiger partial charge in [-0.25, -0.2) is 0 Å². The van der Waals surface area contributed by atoms with Gasteiger partial charge in [0, 0.05) is 13.5 Å². The van der Waals surface area contributed by atoms with E-state index in [2.05, 4.69) is 10.1 Å². The molecule has 2 aromatic rings. The molecule has 2 amide bonds. The maximum Gasteiger partial charge on any atom is 0.245 e. The first-order valence-corrected chi connectivity index (χ1v) is 7.96. The molecule has 0 saturated carbocycles. The summed E-state index contributed by atoms with van der Waals surface area (Å²) in [5, 5.41) is 3.79. The van der Waals surface area contributed by atoms with E-state index >= 15 is 0 Å². The average Bonchev–Trinajstić information content (AvgIpc) is 3.00. The van der Waals surface area contributed by atoms with E-state index in [0.29, 0.717) is 18.3 Å². The van der Waals surface area contributed by atoms with E-state index in [0.717, 1.165) is 12.0 Å². The Bertz CT molecular complexity index is 728. The number of rotatable bonds is 5. The summed E-state index contributed by atoms with van der Waals surface area (Å²) in [6.45, 7) is 4.24. The minimum Gasteiger partial charge on any atom is -0.340 e. The quantitative estimate of drug-likeness (QED) is 0.823. The molecule has 2 heterocycles. The van der Waals surface area contributed by atoms with Crippen LogP contribution in [-0.2, 0) is 22.6 Å². The summed E-state index contributed by atoms with van der Waals surface area (Å²) in [4.78, 5) is 32.2. The molecule has 1 aromatic carbocycles. The standard InChI is InChI=1S/C17H20N4O3/c1-12-17(23)20(9-8-14-6-4-3-5-7-14)11-16(22)21(12)10-15-18-13(2)24-19-15/h3-7,12H,8-11H2,1-2H3/t12-/m0/s1. The van der Waals surface area contributed by atoms with Gasteiger partial charge in [-0.05, 0) is 18.9 Å². The van der Waals surface area contributed by atoms with Crippen LogP contribution in [0.2, 0.25) is 0 Å². The van der Waals surface area contributed by atoms with Crippen molar-refractivity contribution < 1.29 is 14.1 Å². The fourth-order valence-corrected chi connectivity index (χ4v) is 2.83. The predicted molar refractivity (Wildman–Crippen MR) is 85.8 cm³/mol. The zero-order chi connectivity index (χ0) is 17.1. The van der Waals surface area contributed by atoms with Crippen LogP contribution in [0.4, 0.5) is 0 Å². The van der Waals surface area contributed by atoms with E-state index in [-0.39, 0.29) is 24.9 Å². The molecule has 1 aliphatic rings. The molecular formula is C17H20N4O3. The third-order valence-corrected chi connectivity index (χ3v) is 4.18. The zero-order valence-electron chi connectivity index (χ0n) is 13.8. The van der Waals surface area contributed by atoms with Crippen molar-refractivity contribution >= 4 is 11.8 Å². The number of amides is 2. The summed E-state index contributed by atoms with van der Waals surface area (Å²) in [5.74, 6) is 0.708. The average molecular weight is 328 g/mol. The Labute approximate surface area is 140 Å². The molecule has 1 fully saturated rings. The van der Waals surface area contributed by atoms with Crippen LogP contribution < -0.4 is 0 Å². The first kappa shape index (κ1) is 16.2. The van der Waals surface area contributed by atoms with Gasteiger partial charge in [0.15, 0.2) is 5.82 Å². The molecular weight excluding hydrogens is 308 g/mol. The van der Waals surface area contributed by atoms with Crippen molar-refractivity contribution in [1.29, 1.82) is 0 Å². The predicted octanol–water partition coefficient (Wildman–Crippen LogP) is 1.18. The Morgan fingerprint density at radius 2 is 2.00 bits per heavy atom. The molecule has 126 valence electrons. The van der Waals surface area contributed by atoms with E-state index in [9.17, 15) is 9.59 Å². The molecule has 0 N–H and O–H groups in total. The number of benzene rings is 1. The molecule has 7 nitrogen and oxygen atoms in total. The van der Waals surface area contributed by atoms with Gasteiger partial charge in [-0.2, -0.15) is 4.98 Å². The Morgan fingerprint density at radius 1 is 1.25 bits per heavy atom. The normalized spacial score (nSPS) is 18.3. The first-order chi connectivity index (χ1) is 11.5. The second-order valence-corrected chi connectivity index (χ2v) is 5.92. The topological polar surface area (TPSA) is 79.5 Å². The molecule has 24 heavy (non-hydrogen) atoms. The van der Waals surface area contributed by atoms with Crippen molar-refractivity contribution in [2.75, 3.05) is 13.1 Å². The van der Waals surface area contributed by atoms with Crippen molar-refractivity contribution in [2.45, 2.75) is 32.9 Å². The molecule has 3 rings (SSSR count). The lowest BCUT2D eigenvalue weighted by Gasteiger charge is -2.38. The molecule has 0 aliphatic carbocycles. The zero-order valence-corrected chi connectivity index (χ0v) is 13.8. The summed E-state index contributed by atoms with van der Waals surface area (Å²) in [6.07, 6.45) is 0.733. The summed E-state index contributed by atoms with van der Waals surface area (Å²) in [7, 11) is 0. The maximum atomic E-state index is 12.6. The van der Waals surface area contributed by atoms with Gasteiger partial charge in [0.1, 0.15) is 6.04 Å². The van der Waals surface area contributed by atoms with Crippen molar-refractivity contribution in [2.24, 2.45) is 0 Å². The van der Waals surface area contributed by atoms with Crippen molar-refractivity contribution in [1.82, 2.24) is 19.9 Å². The Morgan fingerprint density at radius 3 is 2.67 bits per heavy atom. The number of aryl methyl sites for hydroxylation is 1. The third-order valence-electron chi connectivity index (χ3n) is 4.18. The van der Waals surface area contributed by atoms with Crippen molar-refractivity contribution in [3.05, 3.63) is 47.6 Å². The van der Waals surface area contributed by atoms with Crippen LogP contribution in [0.15, 0.2) is 34.9 Å². The number of aromatic nitrogens is 2. The summed E-state index contributed by atoms with van der Waals surface area (Å²) >= 11 is 0.